The summed E-state index contributed by atoms with van der Waals surface area (Å²) < 4.78 is 11.3. The molecule has 0 aromatic heterocycles. The lowest BCUT2D eigenvalue weighted by atomic mass is 10.2. The van der Waals surface area contributed by atoms with Crippen molar-refractivity contribution in [1.82, 2.24) is 4.90 Å². The van der Waals surface area contributed by atoms with Crippen molar-refractivity contribution in [3.8, 4) is 11.5 Å². The van der Waals surface area contributed by atoms with Gasteiger partial charge in [0.15, 0.2) is 11.5 Å². The van der Waals surface area contributed by atoms with E-state index in [1.165, 1.54) is 0 Å². The summed E-state index contributed by atoms with van der Waals surface area (Å²) in [5.74, 6) is 1.61. The molecule has 0 fully saturated rings. The molecule has 114 valence electrons. The fourth-order valence-electron chi connectivity index (χ4n) is 1.94. The number of hydrogen-bond donors (Lipinski definition) is 1. The van der Waals surface area contributed by atoms with Gasteiger partial charge in [-0.05, 0) is 51.9 Å². The van der Waals surface area contributed by atoms with E-state index in [0.29, 0.717) is 19.8 Å². The highest BCUT2D eigenvalue weighted by Gasteiger charge is 2.04. The molecule has 0 saturated heterocycles. The van der Waals surface area contributed by atoms with Crippen molar-refractivity contribution in [3.63, 3.8) is 0 Å². The number of likely N-dealkylation sites (N-methyl/N-ethyl adjacent to an activating group) is 1. The van der Waals surface area contributed by atoms with E-state index in [0.717, 1.165) is 43.9 Å². The van der Waals surface area contributed by atoms with Crippen LogP contribution in [0.3, 0.4) is 0 Å². The van der Waals surface area contributed by atoms with Crippen LogP contribution in [-0.2, 0) is 0 Å². The Kier molecular flexibility index (Phi) is 8.83. The number of aliphatic hydroxyl groups is 1. The maximum atomic E-state index is 8.72. The molecule has 0 radical (unpaired) electrons. The summed E-state index contributed by atoms with van der Waals surface area (Å²) in [6, 6.07) is 7.77. The van der Waals surface area contributed by atoms with Gasteiger partial charge in [-0.2, -0.15) is 0 Å². The molecule has 0 saturated carbocycles. The minimum Gasteiger partial charge on any atom is -0.490 e. The maximum Gasteiger partial charge on any atom is 0.161 e. The zero-order valence-corrected chi connectivity index (χ0v) is 12.7. The van der Waals surface area contributed by atoms with Crippen LogP contribution in [-0.4, -0.2) is 50.0 Å². The molecule has 1 N–H and O–H groups in total. The molecule has 4 nitrogen and oxygen atoms in total. The average Bonchev–Trinajstić information content (AvgIpc) is 2.46. The third-order valence-electron chi connectivity index (χ3n) is 3.08. The molecule has 1 rings (SSSR count). The molecule has 0 aliphatic carbocycles. The van der Waals surface area contributed by atoms with E-state index in [4.69, 9.17) is 14.6 Å². The van der Waals surface area contributed by atoms with E-state index in [2.05, 4.69) is 11.9 Å². The average molecular weight is 281 g/mol. The van der Waals surface area contributed by atoms with Crippen LogP contribution in [0.5, 0.6) is 11.5 Å². The second-order valence-electron chi connectivity index (χ2n) is 4.82. The molecular weight excluding hydrogens is 254 g/mol. The van der Waals surface area contributed by atoms with Crippen molar-refractivity contribution in [2.45, 2.75) is 26.2 Å². The number of hydrogen-bond acceptors (Lipinski definition) is 4. The van der Waals surface area contributed by atoms with Gasteiger partial charge in [0.1, 0.15) is 6.61 Å². The lowest BCUT2D eigenvalue weighted by Gasteiger charge is -2.17. The topological polar surface area (TPSA) is 41.9 Å². The van der Waals surface area contributed by atoms with Crippen molar-refractivity contribution < 1.29 is 14.6 Å². The highest BCUT2D eigenvalue weighted by atomic mass is 16.5. The maximum absolute atomic E-state index is 8.72. The second kappa shape index (κ2) is 10.5. The zero-order chi connectivity index (χ0) is 14.6. The Balaban J connectivity index is 2.23. The summed E-state index contributed by atoms with van der Waals surface area (Å²) in [6.07, 6.45) is 3.09. The molecule has 0 atom stereocenters. The standard InChI is InChI=1S/C16H27NO3/c1-3-19-15-9-5-6-10-16(15)20-14-12-17(2)11-7-4-8-13-18/h5-6,9-10,18H,3-4,7-8,11-14H2,1-2H3. The summed E-state index contributed by atoms with van der Waals surface area (Å²) in [5.41, 5.74) is 0. The molecule has 0 unspecified atom stereocenters. The van der Waals surface area contributed by atoms with Crippen molar-refractivity contribution in [3.05, 3.63) is 24.3 Å². The van der Waals surface area contributed by atoms with E-state index in [1.807, 2.05) is 31.2 Å². The number of ether oxygens (including phenoxy) is 2. The fourth-order valence-corrected chi connectivity index (χ4v) is 1.94. The van der Waals surface area contributed by atoms with E-state index in [1.54, 1.807) is 0 Å². The predicted molar refractivity (Wildman–Crippen MR) is 81.5 cm³/mol. The van der Waals surface area contributed by atoms with E-state index >= 15 is 0 Å². The fraction of sp³-hybridized carbons (Fsp3) is 0.625. The first-order valence-electron chi connectivity index (χ1n) is 7.42. The van der Waals surface area contributed by atoms with Crippen LogP contribution in [0.25, 0.3) is 0 Å². The van der Waals surface area contributed by atoms with Gasteiger partial charge in [0.2, 0.25) is 0 Å². The Morgan fingerprint density at radius 2 is 1.70 bits per heavy atom. The molecule has 1 aromatic carbocycles. The molecule has 0 aliphatic rings. The van der Waals surface area contributed by atoms with Gasteiger partial charge < -0.3 is 19.5 Å². The van der Waals surface area contributed by atoms with Gasteiger partial charge in [0, 0.05) is 13.2 Å². The van der Waals surface area contributed by atoms with Gasteiger partial charge in [-0.1, -0.05) is 12.1 Å². The summed E-state index contributed by atoms with van der Waals surface area (Å²) in [6.45, 7) is 5.49. The normalized spacial score (nSPS) is 10.8. The highest BCUT2D eigenvalue weighted by molar-refractivity contribution is 5.39. The van der Waals surface area contributed by atoms with Crippen LogP contribution in [0.4, 0.5) is 0 Å². The highest BCUT2D eigenvalue weighted by Crippen LogP contribution is 2.26. The number of para-hydroxylation sites is 2. The van der Waals surface area contributed by atoms with Gasteiger partial charge in [-0.15, -0.1) is 0 Å². The first-order chi connectivity index (χ1) is 9.77. The van der Waals surface area contributed by atoms with Crippen LogP contribution in [0.1, 0.15) is 26.2 Å². The lowest BCUT2D eigenvalue weighted by Crippen LogP contribution is -2.25. The van der Waals surface area contributed by atoms with E-state index in [9.17, 15) is 0 Å². The minimum absolute atomic E-state index is 0.293. The predicted octanol–water partition coefficient (Wildman–Crippen LogP) is 2.56. The molecule has 0 amide bonds. The van der Waals surface area contributed by atoms with Gasteiger partial charge in [-0.25, -0.2) is 0 Å². The summed E-state index contributed by atoms with van der Waals surface area (Å²) in [7, 11) is 2.09. The third kappa shape index (κ3) is 6.78. The lowest BCUT2D eigenvalue weighted by molar-refractivity contribution is 0.221. The molecule has 0 heterocycles. The number of benzene rings is 1. The van der Waals surface area contributed by atoms with Gasteiger partial charge in [0.25, 0.3) is 0 Å². The molecule has 4 heteroatoms. The van der Waals surface area contributed by atoms with Gasteiger partial charge in [0.05, 0.1) is 6.61 Å². The summed E-state index contributed by atoms with van der Waals surface area (Å²) >= 11 is 0. The molecule has 0 aliphatic heterocycles. The van der Waals surface area contributed by atoms with Crippen molar-refractivity contribution in [1.29, 1.82) is 0 Å². The number of unbranched alkanes of at least 4 members (excludes halogenated alkanes) is 2. The summed E-state index contributed by atoms with van der Waals surface area (Å²) in [4.78, 5) is 2.25. The molecule has 20 heavy (non-hydrogen) atoms. The number of aliphatic hydroxyl groups excluding tert-OH is 1. The van der Waals surface area contributed by atoms with E-state index in [-0.39, 0.29) is 0 Å². The monoisotopic (exact) mass is 281 g/mol. The Hall–Kier alpha value is -1.26. The Labute approximate surface area is 122 Å². The minimum atomic E-state index is 0.293. The first-order valence-corrected chi connectivity index (χ1v) is 7.42. The van der Waals surface area contributed by atoms with Crippen molar-refractivity contribution in [2.24, 2.45) is 0 Å². The Morgan fingerprint density at radius 3 is 2.35 bits per heavy atom. The quantitative estimate of drug-likeness (QED) is 0.633. The van der Waals surface area contributed by atoms with Crippen molar-refractivity contribution >= 4 is 0 Å². The SMILES string of the molecule is CCOc1ccccc1OCCN(C)CCCCCO. The first kappa shape index (κ1) is 16.8. The zero-order valence-electron chi connectivity index (χ0n) is 12.7. The Bertz CT molecular complexity index is 357. The molecular formula is C16H27NO3. The van der Waals surface area contributed by atoms with E-state index < -0.39 is 0 Å². The van der Waals surface area contributed by atoms with Gasteiger partial charge in [-0.3, -0.25) is 0 Å². The van der Waals surface area contributed by atoms with Crippen LogP contribution in [0.2, 0.25) is 0 Å². The van der Waals surface area contributed by atoms with Crippen LogP contribution >= 0.6 is 0 Å². The third-order valence-corrected chi connectivity index (χ3v) is 3.08. The summed E-state index contributed by atoms with van der Waals surface area (Å²) in [5, 5.41) is 8.72. The molecule has 0 bridgehead atoms. The number of rotatable bonds is 11. The second-order valence-corrected chi connectivity index (χ2v) is 4.82. The van der Waals surface area contributed by atoms with Crippen LogP contribution in [0.15, 0.2) is 24.3 Å². The smallest absolute Gasteiger partial charge is 0.161 e. The van der Waals surface area contributed by atoms with Crippen LogP contribution in [0, 0.1) is 0 Å². The molecule has 1 aromatic rings. The molecule has 0 spiro atoms. The Morgan fingerprint density at radius 1 is 1.00 bits per heavy atom. The number of nitrogens with zero attached hydrogens (tertiary/aromatic N) is 1. The van der Waals surface area contributed by atoms with Gasteiger partial charge >= 0.3 is 0 Å². The van der Waals surface area contributed by atoms with Crippen LogP contribution < -0.4 is 9.47 Å². The van der Waals surface area contributed by atoms with Crippen molar-refractivity contribution in [2.75, 3.05) is 40.0 Å². The largest absolute Gasteiger partial charge is 0.490 e.